The summed E-state index contributed by atoms with van der Waals surface area (Å²) in [4.78, 5) is 0. The highest BCUT2D eigenvalue weighted by molar-refractivity contribution is 5.10. The molecular formula is C21H41N3O. The highest BCUT2D eigenvalue weighted by Crippen LogP contribution is 2.42. The highest BCUT2D eigenvalue weighted by Gasteiger charge is 2.34. The molecule has 146 valence electrons. The van der Waals surface area contributed by atoms with Gasteiger partial charge in [-0.15, -0.1) is 5.10 Å². The topological polar surface area (TPSA) is 39.9 Å². The second-order valence-corrected chi connectivity index (χ2v) is 10.8. The van der Waals surface area contributed by atoms with Gasteiger partial charge in [-0.2, -0.15) is 0 Å². The fraction of sp³-hybridized carbons (Fsp3) is 0.905. The summed E-state index contributed by atoms with van der Waals surface area (Å²) >= 11 is 0. The van der Waals surface area contributed by atoms with Gasteiger partial charge in [0.05, 0.1) is 11.3 Å². The van der Waals surface area contributed by atoms with E-state index in [0.29, 0.717) is 5.41 Å². The molecule has 0 aliphatic carbocycles. The van der Waals surface area contributed by atoms with E-state index < -0.39 is 0 Å². The molecule has 0 atom stereocenters. The van der Waals surface area contributed by atoms with Crippen LogP contribution in [0.3, 0.4) is 0 Å². The van der Waals surface area contributed by atoms with Crippen molar-refractivity contribution in [1.29, 1.82) is 0 Å². The molecule has 0 N–H and O–H groups in total. The Hall–Kier alpha value is -0.900. The standard InChI is InChI=1S/C21H41N3O/c1-11-25-21(9,10)12-13-24-14-17(22-23-24)20(7,8)16-19(5,6)15-18(2,3)4/h14H,11-13,15-16H2,1-10H3. The number of aromatic nitrogens is 3. The minimum atomic E-state index is -0.120. The Labute approximate surface area is 155 Å². The number of ether oxygens (including phenoxy) is 1. The van der Waals surface area contributed by atoms with E-state index in [1.54, 1.807) is 0 Å². The van der Waals surface area contributed by atoms with Gasteiger partial charge >= 0.3 is 0 Å². The maximum atomic E-state index is 5.78. The molecule has 0 radical (unpaired) electrons. The Bertz CT molecular complexity index is 536. The van der Waals surface area contributed by atoms with Gasteiger partial charge < -0.3 is 4.74 Å². The van der Waals surface area contributed by atoms with Crippen LogP contribution >= 0.6 is 0 Å². The van der Waals surface area contributed by atoms with Crippen molar-refractivity contribution in [2.75, 3.05) is 6.61 Å². The molecule has 0 aliphatic rings. The normalized spacial score (nSPS) is 14.2. The van der Waals surface area contributed by atoms with Gasteiger partial charge in [0.25, 0.3) is 0 Å². The second-order valence-electron chi connectivity index (χ2n) is 10.8. The van der Waals surface area contributed by atoms with Crippen LogP contribution in [0.4, 0.5) is 0 Å². The predicted octanol–water partition coefficient (Wildman–Crippen LogP) is 5.61. The molecule has 1 rings (SSSR count). The molecule has 0 saturated heterocycles. The monoisotopic (exact) mass is 351 g/mol. The maximum Gasteiger partial charge on any atom is 0.0883 e. The molecule has 4 heteroatoms. The summed E-state index contributed by atoms with van der Waals surface area (Å²) in [5.74, 6) is 0. The van der Waals surface area contributed by atoms with Crippen molar-refractivity contribution >= 4 is 0 Å². The van der Waals surface area contributed by atoms with E-state index in [2.05, 4.69) is 78.8 Å². The summed E-state index contributed by atoms with van der Waals surface area (Å²) in [6.45, 7) is 24.1. The van der Waals surface area contributed by atoms with Gasteiger partial charge in [-0.25, -0.2) is 0 Å². The SMILES string of the molecule is CCOC(C)(C)CCn1cc(C(C)(C)CC(C)(C)CC(C)(C)C)nn1. The smallest absolute Gasteiger partial charge is 0.0883 e. The summed E-state index contributed by atoms with van der Waals surface area (Å²) in [5, 5.41) is 8.85. The average molecular weight is 352 g/mol. The van der Waals surface area contributed by atoms with Crippen molar-refractivity contribution in [1.82, 2.24) is 15.0 Å². The zero-order valence-corrected chi connectivity index (χ0v) is 18.4. The third kappa shape index (κ3) is 7.89. The minimum Gasteiger partial charge on any atom is -0.376 e. The summed E-state index contributed by atoms with van der Waals surface area (Å²) in [6.07, 6.45) is 5.34. The fourth-order valence-corrected chi connectivity index (χ4v) is 4.35. The first-order valence-electron chi connectivity index (χ1n) is 9.70. The number of aryl methyl sites for hydroxylation is 1. The minimum absolute atomic E-state index is 0.0163. The molecule has 4 nitrogen and oxygen atoms in total. The fourth-order valence-electron chi connectivity index (χ4n) is 4.35. The van der Waals surface area contributed by atoms with Crippen molar-refractivity contribution in [3.63, 3.8) is 0 Å². The van der Waals surface area contributed by atoms with Crippen LogP contribution < -0.4 is 0 Å². The van der Waals surface area contributed by atoms with Crippen LogP contribution in [0, 0.1) is 10.8 Å². The molecule has 0 fully saturated rings. The Kier molecular flexibility index (Phi) is 6.88. The third-order valence-electron chi connectivity index (χ3n) is 4.64. The Balaban J connectivity index is 2.76. The molecule has 0 bridgehead atoms. The van der Waals surface area contributed by atoms with Gasteiger partial charge in [0, 0.05) is 24.8 Å². The van der Waals surface area contributed by atoms with Crippen LogP contribution in [0.25, 0.3) is 0 Å². The first-order valence-corrected chi connectivity index (χ1v) is 9.70. The van der Waals surface area contributed by atoms with Gasteiger partial charge in [0.1, 0.15) is 0 Å². The number of hydrogen-bond donors (Lipinski definition) is 0. The van der Waals surface area contributed by atoms with Crippen LogP contribution in [0.5, 0.6) is 0 Å². The van der Waals surface area contributed by atoms with Gasteiger partial charge in [0.2, 0.25) is 0 Å². The molecule has 0 spiro atoms. The maximum absolute atomic E-state index is 5.78. The third-order valence-corrected chi connectivity index (χ3v) is 4.64. The van der Waals surface area contributed by atoms with Crippen LogP contribution in [-0.4, -0.2) is 27.2 Å². The molecule has 1 heterocycles. The first kappa shape index (κ1) is 22.1. The van der Waals surface area contributed by atoms with Gasteiger partial charge in [0.15, 0.2) is 0 Å². The molecule has 1 aromatic rings. The van der Waals surface area contributed by atoms with Crippen LogP contribution in [0.15, 0.2) is 6.20 Å². The van der Waals surface area contributed by atoms with Crippen LogP contribution in [-0.2, 0) is 16.7 Å². The molecule has 0 aromatic carbocycles. The molecule has 0 amide bonds. The lowest BCUT2D eigenvalue weighted by atomic mass is 9.67. The average Bonchev–Trinajstić information content (AvgIpc) is 2.81. The zero-order chi connectivity index (χ0) is 19.5. The highest BCUT2D eigenvalue weighted by atomic mass is 16.5. The van der Waals surface area contributed by atoms with Crippen LogP contribution in [0.2, 0.25) is 0 Å². The quantitative estimate of drug-likeness (QED) is 0.580. The molecule has 25 heavy (non-hydrogen) atoms. The molecule has 0 aliphatic heterocycles. The van der Waals surface area contributed by atoms with E-state index >= 15 is 0 Å². The molecular weight excluding hydrogens is 310 g/mol. The van der Waals surface area contributed by atoms with Crippen molar-refractivity contribution in [2.45, 2.75) is 106 Å². The van der Waals surface area contributed by atoms with E-state index in [-0.39, 0.29) is 16.4 Å². The Morgan fingerprint density at radius 2 is 1.56 bits per heavy atom. The van der Waals surface area contributed by atoms with Gasteiger partial charge in [-0.3, -0.25) is 4.68 Å². The lowest BCUT2D eigenvalue weighted by molar-refractivity contribution is -0.0195. The Morgan fingerprint density at radius 3 is 2.08 bits per heavy atom. The number of hydrogen-bond acceptors (Lipinski definition) is 3. The lowest BCUT2D eigenvalue weighted by Crippen LogP contribution is -2.30. The van der Waals surface area contributed by atoms with E-state index in [0.717, 1.165) is 31.7 Å². The summed E-state index contributed by atoms with van der Waals surface area (Å²) in [6, 6.07) is 0. The van der Waals surface area contributed by atoms with E-state index in [1.807, 2.05) is 11.6 Å². The Morgan fingerprint density at radius 1 is 0.960 bits per heavy atom. The van der Waals surface area contributed by atoms with E-state index in [9.17, 15) is 0 Å². The van der Waals surface area contributed by atoms with E-state index in [4.69, 9.17) is 4.74 Å². The molecule has 1 aromatic heterocycles. The second kappa shape index (κ2) is 7.77. The lowest BCUT2D eigenvalue weighted by Gasteiger charge is -2.38. The summed E-state index contributed by atoms with van der Waals surface area (Å²) < 4.78 is 7.74. The van der Waals surface area contributed by atoms with Crippen LogP contribution in [0.1, 0.15) is 94.2 Å². The summed E-state index contributed by atoms with van der Waals surface area (Å²) in [5.41, 5.74) is 1.58. The zero-order valence-electron chi connectivity index (χ0n) is 18.4. The number of nitrogens with zero attached hydrogens (tertiary/aromatic N) is 3. The van der Waals surface area contributed by atoms with E-state index in [1.165, 1.54) is 6.42 Å². The largest absolute Gasteiger partial charge is 0.376 e. The van der Waals surface area contributed by atoms with Crippen molar-refractivity contribution in [3.05, 3.63) is 11.9 Å². The number of rotatable bonds is 9. The first-order chi connectivity index (χ1) is 11.2. The predicted molar refractivity (Wildman–Crippen MR) is 106 cm³/mol. The van der Waals surface area contributed by atoms with Crippen molar-refractivity contribution < 1.29 is 4.74 Å². The van der Waals surface area contributed by atoms with Gasteiger partial charge in [-0.1, -0.05) is 53.7 Å². The van der Waals surface area contributed by atoms with Crippen molar-refractivity contribution in [2.24, 2.45) is 10.8 Å². The molecule has 0 unspecified atom stereocenters. The summed E-state index contributed by atoms with van der Waals surface area (Å²) in [7, 11) is 0. The van der Waals surface area contributed by atoms with Crippen molar-refractivity contribution in [3.8, 4) is 0 Å². The molecule has 0 saturated carbocycles. The van der Waals surface area contributed by atoms with Gasteiger partial charge in [-0.05, 0) is 50.9 Å².